The molecule has 5 nitrogen and oxygen atoms in total. The monoisotopic (exact) mass is 333 g/mol. The SMILES string of the molecule is CCNC(=O)CC(=O)N1CCC(N2CCc3cc(F)ccc32)CC1. The van der Waals surface area contributed by atoms with Crippen LogP contribution in [0.3, 0.4) is 0 Å². The third-order valence-electron chi connectivity index (χ3n) is 4.92. The summed E-state index contributed by atoms with van der Waals surface area (Å²) in [6, 6.07) is 5.39. The quantitative estimate of drug-likeness (QED) is 0.854. The van der Waals surface area contributed by atoms with Crippen LogP contribution in [0.1, 0.15) is 31.7 Å². The number of likely N-dealkylation sites (tertiary alicyclic amines) is 1. The first-order chi connectivity index (χ1) is 11.6. The third kappa shape index (κ3) is 3.52. The number of hydrogen-bond acceptors (Lipinski definition) is 3. The van der Waals surface area contributed by atoms with Crippen molar-refractivity contribution in [3.8, 4) is 0 Å². The van der Waals surface area contributed by atoms with E-state index in [1.54, 1.807) is 11.0 Å². The van der Waals surface area contributed by atoms with E-state index in [-0.39, 0.29) is 24.1 Å². The molecule has 2 heterocycles. The molecule has 2 amide bonds. The largest absolute Gasteiger partial charge is 0.368 e. The standard InChI is InChI=1S/C18H24FN3O2/c1-2-20-17(23)12-18(24)21-8-6-15(7-9-21)22-10-5-13-11-14(19)3-4-16(13)22/h3-4,11,15H,2,5-10,12H2,1H3,(H,20,23). The lowest BCUT2D eigenvalue weighted by atomic mass is 10.0. The molecule has 3 rings (SSSR count). The summed E-state index contributed by atoms with van der Waals surface area (Å²) in [6.07, 6.45) is 2.59. The Hall–Kier alpha value is -2.11. The minimum Gasteiger partial charge on any atom is -0.368 e. The Morgan fingerprint density at radius 3 is 2.71 bits per heavy atom. The Balaban J connectivity index is 1.55. The maximum atomic E-state index is 13.3. The molecular formula is C18H24FN3O2. The zero-order chi connectivity index (χ0) is 17.1. The van der Waals surface area contributed by atoms with Gasteiger partial charge in [0.05, 0.1) is 0 Å². The van der Waals surface area contributed by atoms with Crippen LogP contribution in [0.4, 0.5) is 10.1 Å². The molecule has 0 saturated carbocycles. The predicted molar refractivity (Wildman–Crippen MR) is 90.4 cm³/mol. The van der Waals surface area contributed by atoms with Crippen molar-refractivity contribution < 1.29 is 14.0 Å². The van der Waals surface area contributed by atoms with Gasteiger partial charge in [0, 0.05) is 37.9 Å². The molecule has 130 valence electrons. The van der Waals surface area contributed by atoms with Crippen LogP contribution in [0.5, 0.6) is 0 Å². The maximum Gasteiger partial charge on any atom is 0.232 e. The highest BCUT2D eigenvalue weighted by Gasteiger charge is 2.31. The third-order valence-corrected chi connectivity index (χ3v) is 4.92. The van der Waals surface area contributed by atoms with Crippen molar-refractivity contribution in [1.82, 2.24) is 10.2 Å². The van der Waals surface area contributed by atoms with Gasteiger partial charge in [-0.25, -0.2) is 4.39 Å². The molecule has 1 N–H and O–H groups in total. The molecular weight excluding hydrogens is 309 g/mol. The summed E-state index contributed by atoms with van der Waals surface area (Å²) in [5, 5.41) is 2.66. The molecule has 2 aliphatic heterocycles. The lowest BCUT2D eigenvalue weighted by molar-refractivity contribution is -0.136. The highest BCUT2D eigenvalue weighted by Crippen LogP contribution is 2.33. The first-order valence-corrected chi connectivity index (χ1v) is 8.68. The summed E-state index contributed by atoms with van der Waals surface area (Å²) in [5.41, 5.74) is 2.20. The van der Waals surface area contributed by atoms with Crippen molar-refractivity contribution in [2.45, 2.75) is 38.6 Å². The van der Waals surface area contributed by atoms with Gasteiger partial charge in [0.15, 0.2) is 0 Å². The van der Waals surface area contributed by atoms with Crippen LogP contribution in [0.25, 0.3) is 0 Å². The van der Waals surface area contributed by atoms with Crippen LogP contribution in [0, 0.1) is 5.82 Å². The Morgan fingerprint density at radius 1 is 1.25 bits per heavy atom. The summed E-state index contributed by atoms with van der Waals surface area (Å²) in [6.45, 7) is 4.65. The van der Waals surface area contributed by atoms with Crippen LogP contribution in [-0.4, -0.2) is 48.9 Å². The van der Waals surface area contributed by atoms with E-state index < -0.39 is 0 Å². The molecule has 0 atom stereocenters. The molecule has 1 aromatic rings. The molecule has 0 radical (unpaired) electrons. The summed E-state index contributed by atoms with van der Waals surface area (Å²) in [7, 11) is 0. The normalized spacial score (nSPS) is 17.8. The van der Waals surface area contributed by atoms with Crippen molar-refractivity contribution in [2.24, 2.45) is 0 Å². The first kappa shape index (κ1) is 16.7. The van der Waals surface area contributed by atoms with Gasteiger partial charge in [-0.2, -0.15) is 0 Å². The van der Waals surface area contributed by atoms with Crippen LogP contribution in [-0.2, 0) is 16.0 Å². The first-order valence-electron chi connectivity index (χ1n) is 8.68. The predicted octanol–water partition coefficient (Wildman–Crippen LogP) is 1.71. The van der Waals surface area contributed by atoms with Gasteiger partial charge in [-0.1, -0.05) is 0 Å². The highest BCUT2D eigenvalue weighted by atomic mass is 19.1. The Bertz CT molecular complexity index is 627. The van der Waals surface area contributed by atoms with Crippen LogP contribution in [0.2, 0.25) is 0 Å². The Kier molecular flexibility index (Phi) is 5.02. The number of fused-ring (bicyclic) bond motifs is 1. The fourth-order valence-electron chi connectivity index (χ4n) is 3.71. The van der Waals surface area contributed by atoms with Gasteiger partial charge in [-0.3, -0.25) is 9.59 Å². The number of rotatable bonds is 4. The molecule has 0 aromatic heterocycles. The lowest BCUT2D eigenvalue weighted by Crippen LogP contribution is -2.47. The summed E-state index contributed by atoms with van der Waals surface area (Å²) < 4.78 is 13.3. The second kappa shape index (κ2) is 7.20. The lowest BCUT2D eigenvalue weighted by Gasteiger charge is -2.38. The number of amides is 2. The van der Waals surface area contributed by atoms with E-state index in [1.807, 2.05) is 13.0 Å². The average molecular weight is 333 g/mol. The van der Waals surface area contributed by atoms with Crippen molar-refractivity contribution in [2.75, 3.05) is 31.1 Å². The second-order valence-electron chi connectivity index (χ2n) is 6.46. The van der Waals surface area contributed by atoms with E-state index in [0.29, 0.717) is 25.7 Å². The average Bonchev–Trinajstić information content (AvgIpc) is 2.98. The van der Waals surface area contributed by atoms with Crippen molar-refractivity contribution in [3.63, 3.8) is 0 Å². The van der Waals surface area contributed by atoms with E-state index in [4.69, 9.17) is 0 Å². The Morgan fingerprint density at radius 2 is 2.00 bits per heavy atom. The minimum atomic E-state index is -0.208. The number of hydrogen-bond donors (Lipinski definition) is 1. The fraction of sp³-hybridized carbons (Fsp3) is 0.556. The topological polar surface area (TPSA) is 52.7 Å². The van der Waals surface area contributed by atoms with Crippen molar-refractivity contribution >= 4 is 17.5 Å². The molecule has 6 heteroatoms. The molecule has 0 bridgehead atoms. The molecule has 24 heavy (non-hydrogen) atoms. The van der Waals surface area contributed by atoms with Gasteiger partial charge in [-0.15, -0.1) is 0 Å². The molecule has 0 spiro atoms. The molecule has 1 aromatic carbocycles. The van der Waals surface area contributed by atoms with Crippen LogP contribution >= 0.6 is 0 Å². The van der Waals surface area contributed by atoms with E-state index in [9.17, 15) is 14.0 Å². The maximum absolute atomic E-state index is 13.3. The number of halogens is 1. The zero-order valence-corrected chi connectivity index (χ0v) is 14.1. The summed E-state index contributed by atoms with van der Waals surface area (Å²) in [4.78, 5) is 27.8. The van der Waals surface area contributed by atoms with Gasteiger partial charge in [0.2, 0.25) is 11.8 Å². The van der Waals surface area contributed by atoms with Gasteiger partial charge >= 0.3 is 0 Å². The minimum absolute atomic E-state index is 0.0651. The number of piperidine rings is 1. The van der Waals surface area contributed by atoms with Gasteiger partial charge < -0.3 is 15.1 Å². The second-order valence-corrected chi connectivity index (χ2v) is 6.46. The smallest absolute Gasteiger partial charge is 0.232 e. The van der Waals surface area contributed by atoms with Gasteiger partial charge in [-0.05, 0) is 49.9 Å². The fourth-order valence-corrected chi connectivity index (χ4v) is 3.71. The van der Waals surface area contributed by atoms with E-state index in [0.717, 1.165) is 37.1 Å². The number of nitrogens with zero attached hydrogens (tertiary/aromatic N) is 2. The highest BCUT2D eigenvalue weighted by molar-refractivity contribution is 5.96. The molecule has 1 fully saturated rings. The molecule has 1 saturated heterocycles. The van der Waals surface area contributed by atoms with E-state index in [2.05, 4.69) is 10.2 Å². The van der Waals surface area contributed by atoms with Gasteiger partial charge in [0.1, 0.15) is 12.2 Å². The number of benzene rings is 1. The summed E-state index contributed by atoms with van der Waals surface area (Å²) >= 11 is 0. The van der Waals surface area contributed by atoms with Crippen molar-refractivity contribution in [3.05, 3.63) is 29.6 Å². The van der Waals surface area contributed by atoms with Gasteiger partial charge in [0.25, 0.3) is 0 Å². The van der Waals surface area contributed by atoms with Crippen LogP contribution in [0.15, 0.2) is 18.2 Å². The molecule has 2 aliphatic rings. The zero-order valence-electron chi connectivity index (χ0n) is 14.1. The summed E-state index contributed by atoms with van der Waals surface area (Å²) in [5.74, 6) is -0.482. The van der Waals surface area contributed by atoms with Crippen LogP contribution < -0.4 is 10.2 Å². The van der Waals surface area contributed by atoms with E-state index >= 15 is 0 Å². The molecule has 0 unspecified atom stereocenters. The molecule has 0 aliphatic carbocycles. The van der Waals surface area contributed by atoms with E-state index in [1.165, 1.54) is 6.07 Å². The number of carbonyl (C=O) groups is 2. The number of nitrogens with one attached hydrogen (secondary N) is 1. The van der Waals surface area contributed by atoms with Crippen molar-refractivity contribution in [1.29, 1.82) is 0 Å². The Labute approximate surface area is 141 Å². The number of carbonyl (C=O) groups excluding carboxylic acids is 2. The number of anilines is 1.